The van der Waals surface area contributed by atoms with Gasteiger partial charge in [0.25, 0.3) is 0 Å². The largest absolute Gasteiger partial charge is 0.550 e. The van der Waals surface area contributed by atoms with Gasteiger partial charge in [-0.05, 0) is 37.8 Å². The molecule has 2 rings (SSSR count). The fourth-order valence-electron chi connectivity index (χ4n) is 2.69. The molecule has 0 aromatic heterocycles. The first-order chi connectivity index (χ1) is 12.5. The van der Waals surface area contributed by atoms with E-state index in [2.05, 4.69) is 14.5 Å². The molecule has 1 N–H and O–H groups in total. The molecule has 0 fully saturated rings. The molecular formula is C21H19N3O2. The Kier molecular flexibility index (Phi) is 5.97. The number of hydrogen-bond acceptors (Lipinski definition) is 2. The van der Waals surface area contributed by atoms with Crippen LogP contribution in [0.15, 0.2) is 53.2 Å². The van der Waals surface area contributed by atoms with Crippen LogP contribution in [0.25, 0.3) is 20.6 Å². The summed E-state index contributed by atoms with van der Waals surface area (Å²) in [5.41, 5.74) is 2.21. The van der Waals surface area contributed by atoms with Gasteiger partial charge in [-0.25, -0.2) is 4.85 Å². The Labute approximate surface area is 154 Å². The fourth-order valence-corrected chi connectivity index (χ4v) is 2.69. The molecular weight excluding hydrogens is 326 g/mol. The first-order valence-electron chi connectivity index (χ1n) is 8.15. The van der Waals surface area contributed by atoms with Crippen molar-refractivity contribution >= 4 is 6.08 Å². The second-order valence-corrected chi connectivity index (χ2v) is 6.26. The van der Waals surface area contributed by atoms with Gasteiger partial charge in [-0.15, -0.1) is 0 Å². The van der Waals surface area contributed by atoms with E-state index in [1.165, 1.54) is 0 Å². The van der Waals surface area contributed by atoms with E-state index in [1.807, 2.05) is 50.3 Å². The van der Waals surface area contributed by atoms with Crippen molar-refractivity contribution in [3.05, 3.63) is 98.6 Å². The Morgan fingerprint density at radius 3 is 2.31 bits per heavy atom. The van der Waals surface area contributed by atoms with E-state index < -0.39 is 5.60 Å². The third kappa shape index (κ3) is 4.01. The van der Waals surface area contributed by atoms with Crippen molar-refractivity contribution in [2.45, 2.75) is 32.3 Å². The van der Waals surface area contributed by atoms with E-state index in [4.69, 9.17) is 29.6 Å². The number of nitrogens with zero attached hydrogens (tertiary/aromatic N) is 3. The number of aryl methyl sites for hydroxylation is 1. The SMILES string of the molecule is [C-]#[N+]C([N+]#[C-])=C1OC(C)(C)C(/C=C/c2ccc(CCCO)cc2)=C1[N+]#[C-]. The minimum absolute atomic E-state index is 0.0639. The molecule has 1 aliphatic heterocycles. The zero-order chi connectivity index (χ0) is 19.2. The molecule has 0 radical (unpaired) electrons. The van der Waals surface area contributed by atoms with E-state index >= 15 is 0 Å². The van der Waals surface area contributed by atoms with Gasteiger partial charge in [0.15, 0.2) is 0 Å². The molecule has 0 aliphatic carbocycles. The highest BCUT2D eigenvalue weighted by atomic mass is 16.5. The summed E-state index contributed by atoms with van der Waals surface area (Å²) in [5, 5.41) is 8.89. The van der Waals surface area contributed by atoms with Crippen LogP contribution >= 0.6 is 0 Å². The monoisotopic (exact) mass is 345 g/mol. The van der Waals surface area contributed by atoms with Gasteiger partial charge in [-0.3, -0.25) is 0 Å². The molecule has 5 heteroatoms. The van der Waals surface area contributed by atoms with Gasteiger partial charge in [0.05, 0.1) is 6.57 Å². The van der Waals surface area contributed by atoms with Crippen LogP contribution in [-0.2, 0) is 11.2 Å². The molecule has 1 heterocycles. The molecule has 0 atom stereocenters. The first-order valence-corrected chi connectivity index (χ1v) is 8.15. The lowest BCUT2D eigenvalue weighted by atomic mass is 9.96. The van der Waals surface area contributed by atoms with Crippen LogP contribution in [0.3, 0.4) is 0 Å². The van der Waals surface area contributed by atoms with Crippen molar-refractivity contribution in [3.8, 4) is 0 Å². The second-order valence-electron chi connectivity index (χ2n) is 6.26. The summed E-state index contributed by atoms with van der Waals surface area (Å²) in [6.45, 7) is 25.5. The van der Waals surface area contributed by atoms with Gasteiger partial charge in [-0.1, -0.05) is 36.4 Å². The van der Waals surface area contributed by atoms with Gasteiger partial charge in [0.1, 0.15) is 18.7 Å². The molecule has 26 heavy (non-hydrogen) atoms. The van der Waals surface area contributed by atoms with Gasteiger partial charge in [0.2, 0.25) is 11.5 Å². The smallest absolute Gasteiger partial charge is 0.499 e. The van der Waals surface area contributed by atoms with E-state index in [-0.39, 0.29) is 23.9 Å². The van der Waals surface area contributed by atoms with Crippen LogP contribution in [-0.4, -0.2) is 17.3 Å². The minimum atomic E-state index is -0.784. The number of aliphatic hydroxyl groups excluding tert-OH is 1. The lowest BCUT2D eigenvalue weighted by Crippen LogP contribution is -2.20. The zero-order valence-electron chi connectivity index (χ0n) is 14.8. The van der Waals surface area contributed by atoms with Crippen LogP contribution < -0.4 is 0 Å². The standard InChI is InChI=1S/C21H19N3O2/c1-21(2)17(18(22-3)19(26-21)20(23-4)24-5)13-12-16-10-8-15(9-11-16)7-6-14-25/h8-13,25H,6-7,14H2,1-2H3/b13-12+. The number of benzene rings is 1. The van der Waals surface area contributed by atoms with Crippen molar-refractivity contribution in [2.75, 3.05) is 6.61 Å². The number of rotatable bonds is 5. The van der Waals surface area contributed by atoms with Crippen LogP contribution in [0.1, 0.15) is 31.4 Å². The molecule has 0 saturated heterocycles. The summed E-state index contributed by atoms with van der Waals surface area (Å²) in [5.74, 6) is -0.158. The summed E-state index contributed by atoms with van der Waals surface area (Å²) < 4.78 is 5.75. The van der Waals surface area contributed by atoms with Gasteiger partial charge >= 0.3 is 5.82 Å². The highest BCUT2D eigenvalue weighted by molar-refractivity contribution is 5.60. The maximum Gasteiger partial charge on any atom is 0.550 e. The summed E-state index contributed by atoms with van der Waals surface area (Å²) in [4.78, 5) is 9.85. The molecule has 5 nitrogen and oxygen atoms in total. The third-order valence-corrected chi connectivity index (χ3v) is 4.05. The molecule has 0 saturated carbocycles. The zero-order valence-corrected chi connectivity index (χ0v) is 14.8. The minimum Gasteiger partial charge on any atom is -0.499 e. The van der Waals surface area contributed by atoms with Crippen molar-refractivity contribution < 1.29 is 9.84 Å². The molecule has 0 amide bonds. The van der Waals surface area contributed by atoms with Gasteiger partial charge in [-0.2, -0.15) is 9.69 Å². The number of ether oxygens (including phenoxy) is 1. The first kappa shape index (κ1) is 19.0. The Bertz CT molecular complexity index is 883. The molecule has 1 aromatic carbocycles. The lowest BCUT2D eigenvalue weighted by Gasteiger charge is -2.21. The summed E-state index contributed by atoms with van der Waals surface area (Å²) >= 11 is 0. The average molecular weight is 345 g/mol. The highest BCUT2D eigenvalue weighted by Gasteiger charge is 2.41. The maximum absolute atomic E-state index is 8.89. The molecule has 0 spiro atoms. The van der Waals surface area contributed by atoms with Crippen molar-refractivity contribution in [1.82, 2.24) is 0 Å². The van der Waals surface area contributed by atoms with Crippen LogP contribution in [0.5, 0.6) is 0 Å². The summed E-state index contributed by atoms with van der Waals surface area (Å²) in [7, 11) is 0. The fraction of sp³-hybridized carbons (Fsp3) is 0.286. The van der Waals surface area contributed by atoms with Crippen molar-refractivity contribution in [3.63, 3.8) is 0 Å². The molecule has 130 valence electrons. The Morgan fingerprint density at radius 1 is 1.12 bits per heavy atom. The quantitative estimate of drug-likeness (QED) is 0.792. The van der Waals surface area contributed by atoms with Crippen molar-refractivity contribution in [2.24, 2.45) is 0 Å². The van der Waals surface area contributed by atoms with E-state index in [0.29, 0.717) is 5.57 Å². The predicted octanol–water partition coefficient (Wildman–Crippen LogP) is 4.61. The highest BCUT2D eigenvalue weighted by Crippen LogP contribution is 2.41. The van der Waals surface area contributed by atoms with Crippen molar-refractivity contribution in [1.29, 1.82) is 0 Å². The summed E-state index contributed by atoms with van der Waals surface area (Å²) in [6.07, 6.45) is 5.27. The number of hydrogen-bond donors (Lipinski definition) is 1. The second kappa shape index (κ2) is 8.17. The topological polar surface area (TPSA) is 42.5 Å². The molecule has 0 bridgehead atoms. The Hall–Kier alpha value is -3.33. The maximum atomic E-state index is 8.89. The van der Waals surface area contributed by atoms with Crippen LogP contribution in [0.4, 0.5) is 0 Å². The molecule has 0 unspecified atom stereocenters. The predicted molar refractivity (Wildman–Crippen MR) is 99.9 cm³/mol. The average Bonchev–Trinajstić information content (AvgIpc) is 2.90. The van der Waals surface area contributed by atoms with Gasteiger partial charge in [0, 0.05) is 12.2 Å². The lowest BCUT2D eigenvalue weighted by molar-refractivity contribution is 0.0951. The van der Waals surface area contributed by atoms with E-state index in [0.717, 1.165) is 24.0 Å². The van der Waals surface area contributed by atoms with Crippen LogP contribution in [0, 0.1) is 19.7 Å². The summed E-state index contributed by atoms with van der Waals surface area (Å²) in [6, 6.07) is 7.98. The normalized spacial score (nSPS) is 15.3. The third-order valence-electron chi connectivity index (χ3n) is 4.05. The van der Waals surface area contributed by atoms with Crippen LogP contribution in [0.2, 0.25) is 0 Å². The van der Waals surface area contributed by atoms with Gasteiger partial charge < -0.3 is 9.84 Å². The molecule has 1 aromatic rings. The Balaban J connectivity index is 2.37. The molecule has 1 aliphatic rings. The van der Waals surface area contributed by atoms with E-state index in [1.54, 1.807) is 0 Å². The number of aliphatic hydroxyl groups is 1. The van der Waals surface area contributed by atoms with E-state index in [9.17, 15) is 0 Å². The Morgan fingerprint density at radius 2 is 1.77 bits per heavy atom.